The zero-order valence-electron chi connectivity index (χ0n) is 13.6. The molecule has 0 radical (unpaired) electrons. The number of ether oxygens (including phenoxy) is 1. The van der Waals surface area contributed by atoms with Gasteiger partial charge >= 0.3 is 6.61 Å². The van der Waals surface area contributed by atoms with Gasteiger partial charge in [0.05, 0.1) is 17.6 Å². The lowest BCUT2D eigenvalue weighted by atomic mass is 10.2. The van der Waals surface area contributed by atoms with E-state index in [-0.39, 0.29) is 17.1 Å². The molecule has 0 aromatic heterocycles. The summed E-state index contributed by atoms with van der Waals surface area (Å²) in [7, 11) is -3.51. The topological polar surface area (TPSA) is 84.5 Å². The monoisotopic (exact) mass is 382 g/mol. The highest BCUT2D eigenvalue weighted by Gasteiger charge is 2.10. The highest BCUT2D eigenvalue weighted by Crippen LogP contribution is 2.23. The molecule has 2 aromatic carbocycles. The van der Waals surface area contributed by atoms with Gasteiger partial charge in [-0.05, 0) is 24.3 Å². The number of anilines is 2. The van der Waals surface area contributed by atoms with Gasteiger partial charge in [-0.1, -0.05) is 30.3 Å². The number of sulfonamides is 1. The number of amides is 1. The summed E-state index contributed by atoms with van der Waals surface area (Å²) in [6, 6.07) is 12.3. The minimum absolute atomic E-state index is 0.0642. The van der Waals surface area contributed by atoms with E-state index >= 15 is 0 Å². The molecule has 0 saturated heterocycles. The fourth-order valence-electron chi connectivity index (χ4n) is 2.04. The van der Waals surface area contributed by atoms with Crippen molar-refractivity contribution in [3.63, 3.8) is 0 Å². The van der Waals surface area contributed by atoms with E-state index in [1.807, 2.05) is 0 Å². The Morgan fingerprint density at radius 3 is 2.35 bits per heavy atom. The molecule has 0 spiro atoms. The van der Waals surface area contributed by atoms with E-state index in [9.17, 15) is 22.0 Å². The summed E-state index contributed by atoms with van der Waals surface area (Å²) in [5.74, 6) is -0.634. The lowest BCUT2D eigenvalue weighted by molar-refractivity contribution is -0.111. The van der Waals surface area contributed by atoms with E-state index < -0.39 is 22.5 Å². The van der Waals surface area contributed by atoms with Crippen LogP contribution in [-0.4, -0.2) is 27.2 Å². The third-order valence-corrected chi connectivity index (χ3v) is 3.62. The van der Waals surface area contributed by atoms with Crippen molar-refractivity contribution in [2.75, 3.05) is 16.3 Å². The SMILES string of the molecule is CS(=O)(=O)Nc1ccccc1NC(=O)/C=C/c1ccccc1OC(F)F. The van der Waals surface area contributed by atoms with Gasteiger partial charge in [0.25, 0.3) is 0 Å². The van der Waals surface area contributed by atoms with Crippen molar-refractivity contribution in [1.29, 1.82) is 0 Å². The standard InChI is InChI=1S/C17H16F2N2O4S/c1-26(23,24)21-14-8-4-3-7-13(14)20-16(22)11-10-12-6-2-5-9-15(12)25-17(18)19/h2-11,17,21H,1H3,(H,20,22)/b11-10+. The van der Waals surface area contributed by atoms with Crippen LogP contribution < -0.4 is 14.8 Å². The number of nitrogens with one attached hydrogen (secondary N) is 2. The molecule has 0 fully saturated rings. The normalized spacial score (nSPS) is 11.5. The molecule has 0 aliphatic carbocycles. The van der Waals surface area contributed by atoms with Gasteiger partial charge in [0.2, 0.25) is 15.9 Å². The van der Waals surface area contributed by atoms with Crippen molar-refractivity contribution in [2.24, 2.45) is 0 Å². The van der Waals surface area contributed by atoms with Crippen LogP contribution in [0.4, 0.5) is 20.2 Å². The molecule has 0 aliphatic heterocycles. The molecule has 0 bridgehead atoms. The molecule has 26 heavy (non-hydrogen) atoms. The second-order valence-electron chi connectivity index (χ2n) is 5.16. The maximum atomic E-state index is 12.4. The summed E-state index contributed by atoms with van der Waals surface area (Å²) < 4.78 is 54.2. The zero-order valence-corrected chi connectivity index (χ0v) is 14.5. The molecule has 138 valence electrons. The molecule has 6 nitrogen and oxygen atoms in total. The summed E-state index contributed by atoms with van der Waals surface area (Å²) in [4.78, 5) is 12.1. The Balaban J connectivity index is 2.14. The van der Waals surface area contributed by atoms with E-state index in [0.717, 1.165) is 12.3 Å². The smallest absolute Gasteiger partial charge is 0.387 e. The Bertz CT molecular complexity index is 914. The third-order valence-electron chi connectivity index (χ3n) is 3.03. The average molecular weight is 382 g/mol. The molecule has 1 amide bonds. The van der Waals surface area contributed by atoms with Crippen molar-refractivity contribution >= 4 is 33.4 Å². The fourth-order valence-corrected chi connectivity index (χ4v) is 2.62. The second kappa shape index (κ2) is 8.43. The predicted octanol–water partition coefficient (Wildman–Crippen LogP) is 3.31. The van der Waals surface area contributed by atoms with Crippen molar-refractivity contribution in [2.45, 2.75) is 6.61 Å². The van der Waals surface area contributed by atoms with Crippen molar-refractivity contribution < 1.29 is 26.7 Å². The van der Waals surface area contributed by atoms with E-state index in [1.165, 1.54) is 36.4 Å². The largest absolute Gasteiger partial charge is 0.434 e. The van der Waals surface area contributed by atoms with Gasteiger partial charge in [0.15, 0.2) is 0 Å². The minimum atomic E-state index is -3.51. The van der Waals surface area contributed by atoms with E-state index in [2.05, 4.69) is 14.8 Å². The number of carbonyl (C=O) groups is 1. The Morgan fingerprint density at radius 1 is 1.08 bits per heavy atom. The number of carbonyl (C=O) groups excluding carboxylic acids is 1. The first-order valence-electron chi connectivity index (χ1n) is 7.34. The van der Waals surface area contributed by atoms with Gasteiger partial charge in [-0.2, -0.15) is 8.78 Å². The lowest BCUT2D eigenvalue weighted by Crippen LogP contribution is -2.14. The number of para-hydroxylation sites is 3. The van der Waals surface area contributed by atoms with Crippen molar-refractivity contribution in [3.8, 4) is 5.75 Å². The van der Waals surface area contributed by atoms with E-state index in [4.69, 9.17) is 0 Å². The van der Waals surface area contributed by atoms with Crippen LogP contribution in [0.1, 0.15) is 5.56 Å². The van der Waals surface area contributed by atoms with Crippen LogP contribution in [0.5, 0.6) is 5.75 Å². The van der Waals surface area contributed by atoms with Gasteiger partial charge in [0, 0.05) is 11.6 Å². The summed E-state index contributed by atoms with van der Waals surface area (Å²) in [6.07, 6.45) is 3.44. The molecule has 2 N–H and O–H groups in total. The molecule has 0 unspecified atom stereocenters. The van der Waals surface area contributed by atoms with Crippen LogP contribution in [0, 0.1) is 0 Å². The minimum Gasteiger partial charge on any atom is -0.434 e. The van der Waals surface area contributed by atoms with Crippen LogP contribution in [0.15, 0.2) is 54.6 Å². The Morgan fingerprint density at radius 2 is 1.69 bits per heavy atom. The summed E-state index contributed by atoms with van der Waals surface area (Å²) in [5.41, 5.74) is 0.758. The second-order valence-corrected chi connectivity index (χ2v) is 6.91. The summed E-state index contributed by atoms with van der Waals surface area (Å²) in [6.45, 7) is -2.98. The van der Waals surface area contributed by atoms with Gasteiger partial charge < -0.3 is 10.1 Å². The van der Waals surface area contributed by atoms with Crippen LogP contribution in [0.25, 0.3) is 6.08 Å². The molecule has 0 atom stereocenters. The highest BCUT2D eigenvalue weighted by molar-refractivity contribution is 7.92. The third kappa shape index (κ3) is 6.17. The van der Waals surface area contributed by atoms with Gasteiger partial charge in [-0.15, -0.1) is 0 Å². The zero-order chi connectivity index (χ0) is 19.2. The first-order valence-corrected chi connectivity index (χ1v) is 9.23. The number of alkyl halides is 2. The highest BCUT2D eigenvalue weighted by atomic mass is 32.2. The molecular weight excluding hydrogens is 366 g/mol. The maximum absolute atomic E-state index is 12.4. The van der Waals surface area contributed by atoms with Crippen LogP contribution in [-0.2, 0) is 14.8 Å². The van der Waals surface area contributed by atoms with E-state index in [1.54, 1.807) is 18.2 Å². The summed E-state index contributed by atoms with van der Waals surface area (Å²) >= 11 is 0. The Kier molecular flexibility index (Phi) is 6.29. The van der Waals surface area contributed by atoms with Gasteiger partial charge in [-0.3, -0.25) is 9.52 Å². The Hall–Kier alpha value is -2.94. The molecular formula is C17H16F2N2O4S. The van der Waals surface area contributed by atoms with Crippen LogP contribution >= 0.6 is 0 Å². The van der Waals surface area contributed by atoms with Crippen molar-refractivity contribution in [3.05, 3.63) is 60.2 Å². The number of benzene rings is 2. The molecule has 2 rings (SSSR count). The van der Waals surface area contributed by atoms with Gasteiger partial charge in [-0.25, -0.2) is 8.42 Å². The predicted molar refractivity (Wildman–Crippen MR) is 95.6 cm³/mol. The molecule has 0 saturated carbocycles. The van der Waals surface area contributed by atoms with Crippen LogP contribution in [0.3, 0.4) is 0 Å². The number of hydrogen-bond donors (Lipinski definition) is 2. The average Bonchev–Trinajstić information content (AvgIpc) is 2.54. The molecule has 0 aliphatic rings. The van der Waals surface area contributed by atoms with Gasteiger partial charge in [0.1, 0.15) is 5.75 Å². The Labute approximate surface area is 149 Å². The first-order chi connectivity index (χ1) is 12.2. The number of hydrogen-bond acceptors (Lipinski definition) is 4. The molecule has 0 heterocycles. The lowest BCUT2D eigenvalue weighted by Gasteiger charge is -2.10. The number of halogens is 2. The number of rotatable bonds is 7. The fraction of sp³-hybridized carbons (Fsp3) is 0.118. The molecule has 2 aromatic rings. The summed E-state index contributed by atoms with van der Waals surface area (Å²) in [5, 5.41) is 2.52. The first kappa shape index (κ1) is 19.4. The quantitative estimate of drug-likeness (QED) is 0.720. The maximum Gasteiger partial charge on any atom is 0.387 e. The van der Waals surface area contributed by atoms with Crippen molar-refractivity contribution in [1.82, 2.24) is 0 Å². The molecule has 9 heteroatoms. The van der Waals surface area contributed by atoms with E-state index in [0.29, 0.717) is 5.56 Å². The van der Waals surface area contributed by atoms with Crippen LogP contribution in [0.2, 0.25) is 0 Å².